The molecule has 130 valence electrons. The second-order valence-corrected chi connectivity index (χ2v) is 6.65. The van der Waals surface area contributed by atoms with E-state index in [2.05, 4.69) is 15.4 Å². The highest BCUT2D eigenvalue weighted by molar-refractivity contribution is 6.32. The van der Waals surface area contributed by atoms with E-state index >= 15 is 0 Å². The third kappa shape index (κ3) is 3.24. The van der Waals surface area contributed by atoms with Gasteiger partial charge in [-0.05, 0) is 45.4 Å². The van der Waals surface area contributed by atoms with Gasteiger partial charge < -0.3 is 5.32 Å². The highest BCUT2D eigenvalue weighted by Gasteiger charge is 2.20. The molecule has 0 spiro atoms. The molecule has 1 N–H and O–H groups in total. The molecule has 1 aromatic carbocycles. The number of hydrogen-bond acceptors (Lipinski definition) is 3. The van der Waals surface area contributed by atoms with Gasteiger partial charge in [-0.2, -0.15) is 5.10 Å². The van der Waals surface area contributed by atoms with Crippen molar-refractivity contribution in [2.45, 2.75) is 40.2 Å². The molecule has 0 fully saturated rings. The van der Waals surface area contributed by atoms with Gasteiger partial charge in [0.05, 0.1) is 27.4 Å². The molecule has 0 saturated carbocycles. The van der Waals surface area contributed by atoms with Gasteiger partial charge in [0.2, 0.25) is 0 Å². The fourth-order valence-electron chi connectivity index (χ4n) is 2.79. The predicted octanol–water partition coefficient (Wildman–Crippen LogP) is 4.22. The summed E-state index contributed by atoms with van der Waals surface area (Å²) in [6, 6.07) is 9.38. The summed E-state index contributed by atoms with van der Waals surface area (Å²) in [7, 11) is 0. The average molecular weight is 357 g/mol. The lowest BCUT2D eigenvalue weighted by Crippen LogP contribution is -2.32. The molecule has 2 aromatic heterocycles. The monoisotopic (exact) mass is 356 g/mol. The molecule has 1 amide bonds. The number of halogens is 1. The topological polar surface area (TPSA) is 59.8 Å². The molecule has 0 aliphatic carbocycles. The van der Waals surface area contributed by atoms with Gasteiger partial charge in [-0.15, -0.1) is 0 Å². The summed E-state index contributed by atoms with van der Waals surface area (Å²) in [6.45, 7) is 7.79. The Labute approximate surface area is 152 Å². The number of pyridine rings is 1. The normalized spacial score (nSPS) is 12.4. The van der Waals surface area contributed by atoms with Gasteiger partial charge in [-0.25, -0.2) is 9.67 Å². The van der Waals surface area contributed by atoms with Gasteiger partial charge in [0, 0.05) is 11.7 Å². The van der Waals surface area contributed by atoms with Crippen LogP contribution in [0.15, 0.2) is 30.3 Å². The highest BCUT2D eigenvalue weighted by atomic mass is 35.5. The van der Waals surface area contributed by atoms with Crippen molar-refractivity contribution in [1.82, 2.24) is 20.1 Å². The average Bonchev–Trinajstić information content (AvgIpc) is 2.90. The number of aromatic nitrogens is 3. The van der Waals surface area contributed by atoms with Crippen molar-refractivity contribution in [3.05, 3.63) is 52.3 Å². The summed E-state index contributed by atoms with van der Waals surface area (Å²) in [4.78, 5) is 17.4. The smallest absolute Gasteiger partial charge is 0.252 e. The fraction of sp³-hybridized carbons (Fsp3) is 0.316. The molecule has 25 heavy (non-hydrogen) atoms. The number of nitrogens with zero attached hydrogens (tertiary/aromatic N) is 3. The second-order valence-electron chi connectivity index (χ2n) is 6.24. The zero-order chi connectivity index (χ0) is 18.1. The minimum Gasteiger partial charge on any atom is -0.350 e. The van der Waals surface area contributed by atoms with Crippen LogP contribution in [0.3, 0.4) is 0 Å². The van der Waals surface area contributed by atoms with E-state index in [9.17, 15) is 4.79 Å². The number of nitrogens with one attached hydrogen (secondary N) is 1. The Kier molecular flexibility index (Phi) is 4.77. The van der Waals surface area contributed by atoms with Gasteiger partial charge in [0.15, 0.2) is 5.65 Å². The lowest BCUT2D eigenvalue weighted by molar-refractivity contribution is 0.0940. The molecule has 0 radical (unpaired) electrons. The molecule has 3 rings (SSSR count). The van der Waals surface area contributed by atoms with E-state index in [1.807, 2.05) is 58.0 Å². The molecule has 3 aromatic rings. The lowest BCUT2D eigenvalue weighted by atomic mass is 10.1. The Bertz CT molecular complexity index is 948. The van der Waals surface area contributed by atoms with E-state index in [0.717, 1.165) is 28.9 Å². The number of para-hydroxylation sites is 1. The second kappa shape index (κ2) is 6.84. The maximum Gasteiger partial charge on any atom is 0.252 e. The summed E-state index contributed by atoms with van der Waals surface area (Å²) in [5, 5.41) is 8.96. The number of benzene rings is 1. The Morgan fingerprint density at radius 2 is 2.04 bits per heavy atom. The molecule has 5 nitrogen and oxygen atoms in total. The van der Waals surface area contributed by atoms with Crippen LogP contribution in [0.4, 0.5) is 0 Å². The minimum atomic E-state index is -0.105. The first-order chi connectivity index (χ1) is 11.9. The van der Waals surface area contributed by atoms with Crippen LogP contribution in [-0.2, 0) is 0 Å². The van der Waals surface area contributed by atoms with E-state index in [4.69, 9.17) is 11.6 Å². The Hall–Kier alpha value is -2.40. The molecule has 0 saturated heterocycles. The van der Waals surface area contributed by atoms with Crippen molar-refractivity contribution in [2.24, 2.45) is 0 Å². The van der Waals surface area contributed by atoms with Gasteiger partial charge in [0.1, 0.15) is 0 Å². The van der Waals surface area contributed by atoms with Crippen molar-refractivity contribution < 1.29 is 4.79 Å². The summed E-state index contributed by atoms with van der Waals surface area (Å²) in [5.74, 6) is -0.105. The Morgan fingerprint density at radius 3 is 2.72 bits per heavy atom. The summed E-state index contributed by atoms with van der Waals surface area (Å²) < 4.78 is 1.71. The summed E-state index contributed by atoms with van der Waals surface area (Å²) in [5.41, 5.74) is 3.49. The van der Waals surface area contributed by atoms with Gasteiger partial charge in [-0.3, -0.25) is 4.79 Å². The van der Waals surface area contributed by atoms with Crippen molar-refractivity contribution in [3.8, 4) is 5.69 Å². The molecule has 1 unspecified atom stereocenters. The lowest BCUT2D eigenvalue weighted by Gasteiger charge is -2.13. The fourth-order valence-corrected chi connectivity index (χ4v) is 3.00. The van der Waals surface area contributed by atoms with Gasteiger partial charge in [-0.1, -0.05) is 30.7 Å². The highest BCUT2D eigenvalue weighted by Crippen LogP contribution is 2.27. The van der Waals surface area contributed by atoms with E-state index in [0.29, 0.717) is 16.2 Å². The molecule has 0 aliphatic rings. The SMILES string of the molecule is CCC(C)NC(=O)c1cc(C)nc2c1c(C)nn2-c1ccccc1Cl. The summed E-state index contributed by atoms with van der Waals surface area (Å²) >= 11 is 6.33. The number of carbonyl (C=O) groups is 1. The third-order valence-electron chi connectivity index (χ3n) is 4.26. The standard InChI is InChI=1S/C19H21ClN4O/c1-5-11(2)22-19(25)14-10-12(3)21-18-17(14)13(4)23-24(18)16-9-7-6-8-15(16)20/h6-11H,5H2,1-4H3,(H,22,25). The third-order valence-corrected chi connectivity index (χ3v) is 4.58. The largest absolute Gasteiger partial charge is 0.350 e. The van der Waals surface area contributed by atoms with Gasteiger partial charge >= 0.3 is 0 Å². The van der Waals surface area contributed by atoms with E-state index in [1.54, 1.807) is 4.68 Å². The van der Waals surface area contributed by atoms with Crippen LogP contribution < -0.4 is 5.32 Å². The number of rotatable bonds is 4. The maximum absolute atomic E-state index is 12.7. The molecular formula is C19H21ClN4O. The molecule has 0 bridgehead atoms. The van der Waals surface area contributed by atoms with E-state index < -0.39 is 0 Å². The minimum absolute atomic E-state index is 0.105. The van der Waals surface area contributed by atoms with Crippen LogP contribution in [0.1, 0.15) is 42.0 Å². The molecule has 6 heteroatoms. The van der Waals surface area contributed by atoms with Crippen LogP contribution in [-0.4, -0.2) is 26.7 Å². The van der Waals surface area contributed by atoms with Gasteiger partial charge in [0.25, 0.3) is 5.91 Å². The predicted molar refractivity (Wildman–Crippen MR) is 101 cm³/mol. The number of aryl methyl sites for hydroxylation is 2. The molecule has 0 aliphatic heterocycles. The first kappa shape index (κ1) is 17.4. The molecule has 2 heterocycles. The van der Waals surface area contributed by atoms with Crippen molar-refractivity contribution >= 4 is 28.5 Å². The van der Waals surface area contributed by atoms with Crippen molar-refractivity contribution in [3.63, 3.8) is 0 Å². The van der Waals surface area contributed by atoms with E-state index in [-0.39, 0.29) is 11.9 Å². The van der Waals surface area contributed by atoms with Crippen LogP contribution in [0, 0.1) is 13.8 Å². The number of fused-ring (bicyclic) bond motifs is 1. The van der Waals surface area contributed by atoms with Crippen LogP contribution in [0.5, 0.6) is 0 Å². The quantitative estimate of drug-likeness (QED) is 0.761. The Morgan fingerprint density at radius 1 is 1.32 bits per heavy atom. The van der Waals surface area contributed by atoms with E-state index in [1.165, 1.54) is 0 Å². The Balaban J connectivity index is 2.22. The zero-order valence-electron chi connectivity index (χ0n) is 14.8. The first-order valence-corrected chi connectivity index (χ1v) is 8.73. The zero-order valence-corrected chi connectivity index (χ0v) is 15.6. The van der Waals surface area contributed by atoms with Crippen LogP contribution in [0.25, 0.3) is 16.7 Å². The van der Waals surface area contributed by atoms with Crippen LogP contribution >= 0.6 is 11.6 Å². The molecular weight excluding hydrogens is 336 g/mol. The number of hydrogen-bond donors (Lipinski definition) is 1. The van der Waals surface area contributed by atoms with Crippen molar-refractivity contribution in [2.75, 3.05) is 0 Å². The number of amides is 1. The summed E-state index contributed by atoms with van der Waals surface area (Å²) in [6.07, 6.45) is 0.872. The maximum atomic E-state index is 12.7. The first-order valence-electron chi connectivity index (χ1n) is 8.35. The van der Waals surface area contributed by atoms with Crippen molar-refractivity contribution in [1.29, 1.82) is 0 Å². The number of carbonyl (C=O) groups excluding carboxylic acids is 1. The molecule has 1 atom stereocenters. The van der Waals surface area contributed by atoms with Crippen LogP contribution in [0.2, 0.25) is 5.02 Å².